The van der Waals surface area contributed by atoms with Crippen molar-refractivity contribution in [3.05, 3.63) is 249 Å². The van der Waals surface area contributed by atoms with Gasteiger partial charge in [-0.1, -0.05) is 206 Å². The molecule has 278 valence electrons. The molecule has 0 amide bonds. The van der Waals surface area contributed by atoms with Gasteiger partial charge in [0, 0.05) is 17.1 Å². The Bertz CT molecular complexity index is 2920. The van der Waals surface area contributed by atoms with Crippen molar-refractivity contribution in [1.29, 1.82) is 0 Å². The first kappa shape index (κ1) is 35.7. The highest BCUT2D eigenvalue weighted by molar-refractivity contribution is 5.97. The molecule has 10 aromatic rings. The Morgan fingerprint density at radius 1 is 0.186 bits per heavy atom. The summed E-state index contributed by atoms with van der Waals surface area (Å²) in [6.45, 7) is 0. The van der Waals surface area contributed by atoms with Crippen molar-refractivity contribution in [1.82, 2.24) is 0 Å². The molecule has 0 aliphatic heterocycles. The summed E-state index contributed by atoms with van der Waals surface area (Å²) in [5.41, 5.74) is 17.7. The van der Waals surface area contributed by atoms with Gasteiger partial charge in [0.15, 0.2) is 0 Å². The number of anilines is 3. The molecule has 0 aromatic heterocycles. The van der Waals surface area contributed by atoms with E-state index in [1.807, 2.05) is 0 Å². The average molecular weight is 752 g/mol. The second-order valence-corrected chi connectivity index (χ2v) is 14.9. The molecule has 0 heterocycles. The molecule has 10 aromatic carbocycles. The van der Waals surface area contributed by atoms with Crippen LogP contribution >= 0.6 is 0 Å². The van der Waals surface area contributed by atoms with Gasteiger partial charge in [0.25, 0.3) is 0 Å². The zero-order valence-corrected chi connectivity index (χ0v) is 32.6. The number of benzene rings is 10. The Morgan fingerprint density at radius 3 is 0.949 bits per heavy atom. The fraction of sp³-hybridized carbons (Fsp3) is 0. The quantitative estimate of drug-likeness (QED) is 0.142. The van der Waals surface area contributed by atoms with Crippen molar-refractivity contribution in [3.8, 4) is 66.8 Å². The van der Waals surface area contributed by atoms with Crippen molar-refractivity contribution in [2.45, 2.75) is 0 Å². The summed E-state index contributed by atoms with van der Waals surface area (Å²) in [5.74, 6) is 0. The fourth-order valence-electron chi connectivity index (χ4n) is 8.35. The molecule has 0 N–H and O–H groups in total. The largest absolute Gasteiger partial charge is 0.311 e. The number of fused-ring (bicyclic) bond motifs is 1. The van der Waals surface area contributed by atoms with Crippen LogP contribution in [-0.4, -0.2) is 0 Å². The van der Waals surface area contributed by atoms with Crippen LogP contribution in [0.4, 0.5) is 17.1 Å². The van der Waals surface area contributed by atoms with Crippen molar-refractivity contribution < 1.29 is 0 Å². The minimum absolute atomic E-state index is 1.09. The normalized spacial score (nSPS) is 11.1. The molecule has 0 atom stereocenters. The number of hydrogen-bond donors (Lipinski definition) is 0. The highest BCUT2D eigenvalue weighted by Crippen LogP contribution is 2.43. The van der Waals surface area contributed by atoms with E-state index >= 15 is 0 Å². The lowest BCUT2D eigenvalue weighted by Crippen LogP contribution is -2.09. The van der Waals surface area contributed by atoms with E-state index in [1.54, 1.807) is 0 Å². The topological polar surface area (TPSA) is 3.24 Å². The van der Waals surface area contributed by atoms with Gasteiger partial charge in [-0.25, -0.2) is 0 Å². The van der Waals surface area contributed by atoms with Crippen LogP contribution < -0.4 is 4.90 Å². The third kappa shape index (κ3) is 7.23. The Kier molecular flexibility index (Phi) is 9.68. The molecular weight excluding hydrogens is 711 g/mol. The van der Waals surface area contributed by atoms with Crippen LogP contribution in [0.15, 0.2) is 249 Å². The van der Waals surface area contributed by atoms with Gasteiger partial charge in [0.05, 0.1) is 0 Å². The number of rotatable bonds is 9. The molecule has 0 saturated heterocycles. The second kappa shape index (κ2) is 16.0. The molecule has 0 bridgehead atoms. The third-order valence-electron chi connectivity index (χ3n) is 11.3. The summed E-state index contributed by atoms with van der Waals surface area (Å²) < 4.78 is 0. The van der Waals surface area contributed by atoms with E-state index < -0.39 is 0 Å². The standard InChI is InChI=1S/C58H41N/c1-3-15-42(16-4-1)45-29-35-50(36-30-45)59(51-37-31-46(32-38-51)43-17-5-2-6-18-43)52-39-33-47(34-40-52)53-21-9-11-23-55(53)57-25-13-14-26-58(57)56-24-12-10-22-54(56)49-28-27-44-19-7-8-20-48(44)41-49/h1-41H. The maximum Gasteiger partial charge on any atom is 0.0462 e. The molecule has 1 nitrogen and oxygen atoms in total. The van der Waals surface area contributed by atoms with Gasteiger partial charge in [0.1, 0.15) is 0 Å². The smallest absolute Gasteiger partial charge is 0.0462 e. The van der Waals surface area contributed by atoms with E-state index in [1.165, 1.54) is 77.5 Å². The van der Waals surface area contributed by atoms with Crippen molar-refractivity contribution >= 4 is 27.8 Å². The fourth-order valence-corrected chi connectivity index (χ4v) is 8.35. The van der Waals surface area contributed by atoms with Crippen molar-refractivity contribution in [3.63, 3.8) is 0 Å². The predicted molar refractivity (Wildman–Crippen MR) is 251 cm³/mol. The van der Waals surface area contributed by atoms with Crippen molar-refractivity contribution in [2.24, 2.45) is 0 Å². The van der Waals surface area contributed by atoms with E-state index in [-0.39, 0.29) is 0 Å². The Labute approximate surface area is 346 Å². The Balaban J connectivity index is 1.03. The summed E-state index contributed by atoms with van der Waals surface area (Å²) in [6, 6.07) is 89.8. The van der Waals surface area contributed by atoms with Gasteiger partial charge in [-0.05, 0) is 120 Å². The lowest BCUT2D eigenvalue weighted by molar-refractivity contribution is 1.28. The zero-order chi connectivity index (χ0) is 39.4. The zero-order valence-electron chi connectivity index (χ0n) is 32.6. The van der Waals surface area contributed by atoms with Gasteiger partial charge in [-0.15, -0.1) is 0 Å². The number of hydrogen-bond acceptors (Lipinski definition) is 1. The molecule has 10 rings (SSSR count). The molecule has 59 heavy (non-hydrogen) atoms. The minimum Gasteiger partial charge on any atom is -0.311 e. The van der Waals surface area contributed by atoms with E-state index in [0.29, 0.717) is 0 Å². The molecule has 1 heteroatoms. The molecule has 0 aliphatic rings. The van der Waals surface area contributed by atoms with Crippen LogP contribution in [0, 0.1) is 0 Å². The first-order chi connectivity index (χ1) is 29.3. The SMILES string of the molecule is c1ccc(-c2ccc(N(c3ccc(-c4ccccc4)cc3)c3ccc(-c4ccccc4-c4ccccc4-c4ccccc4-c4ccc5ccccc5c4)cc3)cc2)cc1. The van der Waals surface area contributed by atoms with Crippen LogP contribution in [0.3, 0.4) is 0 Å². The van der Waals surface area contributed by atoms with Crippen molar-refractivity contribution in [2.75, 3.05) is 4.90 Å². The maximum atomic E-state index is 2.35. The van der Waals surface area contributed by atoms with E-state index in [4.69, 9.17) is 0 Å². The molecule has 0 unspecified atom stereocenters. The summed E-state index contributed by atoms with van der Waals surface area (Å²) in [6.07, 6.45) is 0. The van der Waals surface area contributed by atoms with E-state index in [9.17, 15) is 0 Å². The predicted octanol–water partition coefficient (Wildman–Crippen LogP) is 16.3. The third-order valence-corrected chi connectivity index (χ3v) is 11.3. The monoisotopic (exact) mass is 751 g/mol. The second-order valence-electron chi connectivity index (χ2n) is 14.9. The van der Waals surface area contributed by atoms with Crippen LogP contribution in [0.2, 0.25) is 0 Å². The Morgan fingerprint density at radius 2 is 0.492 bits per heavy atom. The summed E-state index contributed by atoms with van der Waals surface area (Å²) in [5, 5.41) is 2.49. The lowest BCUT2D eigenvalue weighted by Gasteiger charge is -2.26. The maximum absolute atomic E-state index is 2.35. The van der Waals surface area contributed by atoms with Gasteiger partial charge in [0.2, 0.25) is 0 Å². The molecule has 0 radical (unpaired) electrons. The Hall–Kier alpha value is -7.74. The van der Waals surface area contributed by atoms with Gasteiger partial charge in [-0.2, -0.15) is 0 Å². The lowest BCUT2D eigenvalue weighted by atomic mass is 9.86. The van der Waals surface area contributed by atoms with Crippen LogP contribution in [0.1, 0.15) is 0 Å². The molecule has 0 aliphatic carbocycles. The highest BCUT2D eigenvalue weighted by Gasteiger charge is 2.17. The van der Waals surface area contributed by atoms with E-state index in [0.717, 1.165) is 17.1 Å². The highest BCUT2D eigenvalue weighted by atomic mass is 15.1. The summed E-state index contributed by atoms with van der Waals surface area (Å²) >= 11 is 0. The van der Waals surface area contributed by atoms with Gasteiger partial charge in [-0.3, -0.25) is 0 Å². The number of nitrogens with zero attached hydrogens (tertiary/aromatic N) is 1. The first-order valence-electron chi connectivity index (χ1n) is 20.3. The van der Waals surface area contributed by atoms with Crippen LogP contribution in [0.25, 0.3) is 77.5 Å². The average Bonchev–Trinajstić information content (AvgIpc) is 3.33. The van der Waals surface area contributed by atoms with E-state index in [2.05, 4.69) is 254 Å². The van der Waals surface area contributed by atoms with Gasteiger partial charge >= 0.3 is 0 Å². The minimum atomic E-state index is 1.09. The summed E-state index contributed by atoms with van der Waals surface area (Å²) in [7, 11) is 0. The summed E-state index contributed by atoms with van der Waals surface area (Å²) in [4.78, 5) is 2.35. The first-order valence-corrected chi connectivity index (χ1v) is 20.3. The molecular formula is C58H41N. The van der Waals surface area contributed by atoms with Crippen LogP contribution in [-0.2, 0) is 0 Å². The molecule has 0 fully saturated rings. The molecule has 0 spiro atoms. The van der Waals surface area contributed by atoms with Crippen LogP contribution in [0.5, 0.6) is 0 Å². The van der Waals surface area contributed by atoms with Gasteiger partial charge < -0.3 is 4.90 Å². The molecule has 0 saturated carbocycles.